The number of hydrogen-bond donors (Lipinski definition) is 1. The van der Waals surface area contributed by atoms with Crippen molar-refractivity contribution in [2.45, 2.75) is 6.04 Å². The highest BCUT2D eigenvalue weighted by Gasteiger charge is 2.19. The minimum atomic E-state index is -1.02. The lowest BCUT2D eigenvalue weighted by molar-refractivity contribution is 0.505. The van der Waals surface area contributed by atoms with Crippen LogP contribution in [0.5, 0.6) is 0 Å². The molecule has 0 aliphatic rings. The maximum atomic E-state index is 13.5. The third-order valence-corrected chi connectivity index (χ3v) is 3.64. The van der Waals surface area contributed by atoms with E-state index in [1.54, 1.807) is 13.1 Å². The molecule has 0 amide bonds. The van der Waals surface area contributed by atoms with Crippen molar-refractivity contribution in [1.82, 2.24) is 5.32 Å². The van der Waals surface area contributed by atoms with Gasteiger partial charge in [-0.2, -0.15) is 0 Å². The SMILES string of the molecule is CNC(c1cc(F)cc(Br)c1)c1cc(F)c(F)cc1Cl. The Labute approximate surface area is 127 Å². The zero-order valence-corrected chi connectivity index (χ0v) is 12.7. The Morgan fingerprint density at radius 2 is 1.70 bits per heavy atom. The molecule has 0 bridgehead atoms. The molecule has 2 aromatic rings. The van der Waals surface area contributed by atoms with Gasteiger partial charge in [0.25, 0.3) is 0 Å². The number of hydrogen-bond acceptors (Lipinski definition) is 1. The van der Waals surface area contributed by atoms with Gasteiger partial charge in [0, 0.05) is 9.50 Å². The Hall–Kier alpha value is -1.04. The average molecular weight is 365 g/mol. The van der Waals surface area contributed by atoms with Crippen LogP contribution >= 0.6 is 27.5 Å². The predicted molar refractivity (Wildman–Crippen MR) is 76.4 cm³/mol. The summed E-state index contributed by atoms with van der Waals surface area (Å²) >= 11 is 9.15. The topological polar surface area (TPSA) is 12.0 Å². The maximum absolute atomic E-state index is 13.5. The number of benzene rings is 2. The van der Waals surface area contributed by atoms with Crippen LogP contribution in [0, 0.1) is 17.5 Å². The Morgan fingerprint density at radius 1 is 1.05 bits per heavy atom. The van der Waals surface area contributed by atoms with Crippen molar-refractivity contribution in [2.75, 3.05) is 7.05 Å². The third kappa shape index (κ3) is 3.16. The fraction of sp³-hybridized carbons (Fsp3) is 0.143. The van der Waals surface area contributed by atoms with E-state index in [0.717, 1.165) is 12.1 Å². The summed E-state index contributed by atoms with van der Waals surface area (Å²) in [5, 5.41) is 2.99. The lowest BCUT2D eigenvalue weighted by Gasteiger charge is -2.19. The second-order valence-electron chi connectivity index (χ2n) is 4.21. The third-order valence-electron chi connectivity index (χ3n) is 2.86. The molecule has 0 radical (unpaired) electrons. The Balaban J connectivity index is 2.55. The van der Waals surface area contributed by atoms with Crippen molar-refractivity contribution in [3.05, 3.63) is 68.4 Å². The summed E-state index contributed by atoms with van der Waals surface area (Å²) in [6.45, 7) is 0. The van der Waals surface area contributed by atoms with E-state index in [1.165, 1.54) is 12.1 Å². The van der Waals surface area contributed by atoms with E-state index < -0.39 is 23.5 Å². The first-order valence-corrected chi connectivity index (χ1v) is 6.87. The van der Waals surface area contributed by atoms with Crippen molar-refractivity contribution in [3.63, 3.8) is 0 Å². The number of rotatable bonds is 3. The highest BCUT2D eigenvalue weighted by molar-refractivity contribution is 9.10. The van der Waals surface area contributed by atoms with E-state index in [9.17, 15) is 13.2 Å². The summed E-state index contributed by atoms with van der Waals surface area (Å²) in [7, 11) is 1.63. The van der Waals surface area contributed by atoms with Crippen LogP contribution in [-0.2, 0) is 0 Å². The number of nitrogens with one attached hydrogen (secondary N) is 1. The van der Waals surface area contributed by atoms with Crippen molar-refractivity contribution >= 4 is 27.5 Å². The summed E-state index contributed by atoms with van der Waals surface area (Å²) < 4.78 is 40.5. The molecule has 6 heteroatoms. The Kier molecular flexibility index (Phi) is 4.73. The van der Waals surface area contributed by atoms with Gasteiger partial charge in [0.15, 0.2) is 11.6 Å². The van der Waals surface area contributed by atoms with Crippen LogP contribution in [0.4, 0.5) is 13.2 Å². The minimum Gasteiger partial charge on any atom is -0.309 e. The van der Waals surface area contributed by atoms with Crippen LogP contribution in [0.3, 0.4) is 0 Å². The average Bonchev–Trinajstić information content (AvgIpc) is 2.35. The molecule has 20 heavy (non-hydrogen) atoms. The minimum absolute atomic E-state index is 0.0728. The van der Waals surface area contributed by atoms with E-state index in [1.807, 2.05) is 0 Å². The molecule has 106 valence electrons. The van der Waals surface area contributed by atoms with Gasteiger partial charge in [-0.1, -0.05) is 27.5 Å². The largest absolute Gasteiger partial charge is 0.309 e. The zero-order valence-electron chi connectivity index (χ0n) is 10.4. The molecule has 0 heterocycles. The van der Waals surface area contributed by atoms with Crippen LogP contribution in [-0.4, -0.2) is 7.05 Å². The van der Waals surface area contributed by atoms with Gasteiger partial charge in [-0.3, -0.25) is 0 Å². The van der Waals surface area contributed by atoms with Crippen LogP contribution < -0.4 is 5.32 Å². The van der Waals surface area contributed by atoms with Crippen LogP contribution in [0.2, 0.25) is 5.02 Å². The molecule has 0 saturated carbocycles. The van der Waals surface area contributed by atoms with Crippen molar-refractivity contribution in [1.29, 1.82) is 0 Å². The molecular weight excluding hydrogens is 355 g/mol. The first-order chi connectivity index (χ1) is 9.42. The Bertz CT molecular complexity index is 628. The van der Waals surface area contributed by atoms with Gasteiger partial charge in [0.05, 0.1) is 6.04 Å². The van der Waals surface area contributed by atoms with E-state index in [4.69, 9.17) is 11.6 Å². The van der Waals surface area contributed by atoms with Crippen LogP contribution in [0.15, 0.2) is 34.8 Å². The summed E-state index contributed by atoms with van der Waals surface area (Å²) in [6, 6.07) is 5.67. The lowest BCUT2D eigenvalue weighted by Crippen LogP contribution is -2.18. The van der Waals surface area contributed by atoms with Gasteiger partial charge >= 0.3 is 0 Å². The summed E-state index contributed by atoms with van der Waals surface area (Å²) in [5.41, 5.74) is 0.887. The van der Waals surface area contributed by atoms with Crippen LogP contribution in [0.25, 0.3) is 0 Å². The highest BCUT2D eigenvalue weighted by atomic mass is 79.9. The first kappa shape index (κ1) is 15.4. The van der Waals surface area contributed by atoms with Crippen molar-refractivity contribution in [3.8, 4) is 0 Å². The fourth-order valence-corrected chi connectivity index (χ4v) is 2.75. The second kappa shape index (κ2) is 6.16. The zero-order chi connectivity index (χ0) is 14.9. The lowest BCUT2D eigenvalue weighted by atomic mass is 9.98. The van der Waals surface area contributed by atoms with Gasteiger partial charge in [0.2, 0.25) is 0 Å². The first-order valence-electron chi connectivity index (χ1n) is 5.70. The normalized spacial score (nSPS) is 12.5. The molecule has 2 aromatic carbocycles. The van der Waals surface area contributed by atoms with E-state index in [2.05, 4.69) is 21.2 Å². The monoisotopic (exact) mass is 363 g/mol. The molecule has 0 fully saturated rings. The predicted octanol–water partition coefficient (Wildman–Crippen LogP) is 4.83. The summed E-state index contributed by atoms with van der Waals surface area (Å²) in [5.74, 6) is -2.46. The summed E-state index contributed by atoms with van der Waals surface area (Å²) in [6.07, 6.45) is 0. The molecular formula is C14H10BrClF3N. The maximum Gasteiger partial charge on any atom is 0.160 e. The molecule has 1 atom stereocenters. The number of halogens is 5. The van der Waals surface area contributed by atoms with Gasteiger partial charge in [0.1, 0.15) is 5.82 Å². The molecule has 0 aliphatic heterocycles. The van der Waals surface area contributed by atoms with Gasteiger partial charge in [-0.15, -0.1) is 0 Å². The Morgan fingerprint density at radius 3 is 2.30 bits per heavy atom. The van der Waals surface area contributed by atoms with Crippen molar-refractivity contribution in [2.24, 2.45) is 0 Å². The smallest absolute Gasteiger partial charge is 0.160 e. The van der Waals surface area contributed by atoms with Gasteiger partial charge < -0.3 is 5.32 Å². The molecule has 0 aromatic heterocycles. The molecule has 1 N–H and O–H groups in total. The van der Waals surface area contributed by atoms with E-state index >= 15 is 0 Å². The molecule has 0 aliphatic carbocycles. The van der Waals surface area contributed by atoms with E-state index in [0.29, 0.717) is 15.6 Å². The second-order valence-corrected chi connectivity index (χ2v) is 5.54. The summed E-state index contributed by atoms with van der Waals surface area (Å²) in [4.78, 5) is 0. The highest BCUT2D eigenvalue weighted by Crippen LogP contribution is 2.31. The molecule has 1 nitrogen and oxygen atoms in total. The standard InChI is InChI=1S/C14H10BrClF3N/c1-20-14(7-2-8(15)4-9(17)3-7)10-5-12(18)13(19)6-11(10)16/h2-6,14,20H,1H3. The van der Waals surface area contributed by atoms with Crippen molar-refractivity contribution < 1.29 is 13.2 Å². The molecule has 0 spiro atoms. The van der Waals surface area contributed by atoms with Crippen LogP contribution in [0.1, 0.15) is 17.2 Å². The molecule has 1 unspecified atom stereocenters. The van der Waals surface area contributed by atoms with E-state index in [-0.39, 0.29) is 5.02 Å². The molecule has 0 saturated heterocycles. The fourth-order valence-electron chi connectivity index (χ4n) is 2.00. The van der Waals surface area contributed by atoms with Gasteiger partial charge in [-0.25, -0.2) is 13.2 Å². The molecule has 2 rings (SSSR count). The quantitative estimate of drug-likeness (QED) is 0.769. The van der Waals surface area contributed by atoms with Gasteiger partial charge in [-0.05, 0) is 48.5 Å².